The minimum absolute atomic E-state index is 0.0169. The molecule has 118 valence electrons. The van der Waals surface area contributed by atoms with Crippen LogP contribution >= 0.6 is 0 Å². The van der Waals surface area contributed by atoms with Crippen molar-refractivity contribution in [3.63, 3.8) is 0 Å². The van der Waals surface area contributed by atoms with Crippen LogP contribution in [0.1, 0.15) is 57.8 Å². The van der Waals surface area contributed by atoms with Crippen LogP contribution < -0.4 is 11.1 Å². The van der Waals surface area contributed by atoms with Gasteiger partial charge < -0.3 is 15.8 Å². The van der Waals surface area contributed by atoms with Crippen LogP contribution in [0, 0.1) is 5.92 Å². The number of Topliss-reactive ketones (excluding diaryl/α,β-unsaturated/α-hetero) is 1. The van der Waals surface area contributed by atoms with Gasteiger partial charge in [0.2, 0.25) is 5.91 Å². The topological polar surface area (TPSA) is 81.4 Å². The number of ether oxygens (including phenoxy) is 1. The molecule has 1 saturated heterocycles. The van der Waals surface area contributed by atoms with Gasteiger partial charge in [-0.05, 0) is 31.6 Å². The standard InChI is InChI=1S/C16H26N2O3/c17-12(9-11-5-2-1-3-6-11)15(20)18-16-8-4-7-14(16)21-10-13(16)19/h11-12,14H,1-10,17H2,(H,18,20). The molecule has 0 radical (unpaired) electrons. The first-order valence-corrected chi connectivity index (χ1v) is 8.34. The molecular formula is C16H26N2O3. The Hall–Kier alpha value is -0.940. The van der Waals surface area contributed by atoms with E-state index in [9.17, 15) is 9.59 Å². The minimum Gasteiger partial charge on any atom is -0.367 e. The molecule has 0 bridgehead atoms. The van der Waals surface area contributed by atoms with E-state index in [4.69, 9.17) is 10.5 Å². The first-order chi connectivity index (χ1) is 10.1. The molecule has 0 aromatic heterocycles. The van der Waals surface area contributed by atoms with Crippen LogP contribution in [0.15, 0.2) is 0 Å². The Morgan fingerprint density at radius 2 is 2.05 bits per heavy atom. The van der Waals surface area contributed by atoms with Crippen LogP contribution in [0.5, 0.6) is 0 Å². The Bertz CT molecular complexity index is 420. The number of ketones is 1. The predicted molar refractivity (Wildman–Crippen MR) is 78.6 cm³/mol. The van der Waals surface area contributed by atoms with Crippen molar-refractivity contribution in [2.24, 2.45) is 11.7 Å². The number of hydrogen-bond acceptors (Lipinski definition) is 4. The van der Waals surface area contributed by atoms with Crippen LogP contribution in [0.3, 0.4) is 0 Å². The third-order valence-electron chi connectivity index (χ3n) is 5.50. The summed E-state index contributed by atoms with van der Waals surface area (Å²) in [5.74, 6) is 0.404. The highest BCUT2D eigenvalue weighted by Gasteiger charge is 2.55. The molecule has 3 fully saturated rings. The number of fused-ring (bicyclic) bond motifs is 1. The number of nitrogens with two attached hydrogens (primary N) is 1. The maximum atomic E-state index is 12.4. The third-order valence-corrected chi connectivity index (χ3v) is 5.50. The van der Waals surface area contributed by atoms with Crippen molar-refractivity contribution in [2.45, 2.75) is 75.5 Å². The minimum atomic E-state index is -0.777. The number of hydrogen-bond donors (Lipinski definition) is 2. The Morgan fingerprint density at radius 3 is 2.81 bits per heavy atom. The molecule has 0 aromatic rings. The monoisotopic (exact) mass is 294 g/mol. The van der Waals surface area contributed by atoms with Gasteiger partial charge in [0.05, 0.1) is 12.1 Å². The summed E-state index contributed by atoms with van der Waals surface area (Å²) in [6, 6.07) is -0.503. The van der Waals surface area contributed by atoms with E-state index in [-0.39, 0.29) is 24.4 Å². The maximum Gasteiger partial charge on any atom is 0.237 e. The van der Waals surface area contributed by atoms with Crippen LogP contribution in [-0.2, 0) is 14.3 Å². The lowest BCUT2D eigenvalue weighted by molar-refractivity contribution is -0.130. The molecule has 2 aliphatic carbocycles. The van der Waals surface area contributed by atoms with Crippen molar-refractivity contribution in [1.82, 2.24) is 5.32 Å². The first-order valence-electron chi connectivity index (χ1n) is 8.34. The molecule has 21 heavy (non-hydrogen) atoms. The van der Waals surface area contributed by atoms with Crippen molar-refractivity contribution < 1.29 is 14.3 Å². The second-order valence-corrected chi connectivity index (χ2v) is 6.92. The number of nitrogens with one attached hydrogen (secondary N) is 1. The lowest BCUT2D eigenvalue weighted by Gasteiger charge is -2.30. The van der Waals surface area contributed by atoms with Gasteiger partial charge >= 0.3 is 0 Å². The molecule has 0 aromatic carbocycles. The van der Waals surface area contributed by atoms with Gasteiger partial charge in [-0.2, -0.15) is 0 Å². The molecule has 2 saturated carbocycles. The SMILES string of the molecule is NC(CC1CCCCC1)C(=O)NC12CCCC1OCC2=O. The highest BCUT2D eigenvalue weighted by molar-refractivity contribution is 5.97. The lowest BCUT2D eigenvalue weighted by Crippen LogP contribution is -2.59. The summed E-state index contributed by atoms with van der Waals surface area (Å²) < 4.78 is 5.52. The van der Waals surface area contributed by atoms with Crippen molar-refractivity contribution in [3.05, 3.63) is 0 Å². The summed E-state index contributed by atoms with van der Waals surface area (Å²) in [5.41, 5.74) is 5.31. The van der Waals surface area contributed by atoms with E-state index in [0.29, 0.717) is 12.3 Å². The van der Waals surface area contributed by atoms with E-state index in [1.54, 1.807) is 0 Å². The van der Waals surface area contributed by atoms with Crippen LogP contribution in [0.2, 0.25) is 0 Å². The highest BCUT2D eigenvalue weighted by Crippen LogP contribution is 2.38. The summed E-state index contributed by atoms with van der Waals surface area (Å²) in [6.07, 6.45) is 9.21. The zero-order valence-corrected chi connectivity index (χ0v) is 12.6. The van der Waals surface area contributed by atoms with Gasteiger partial charge in [0, 0.05) is 0 Å². The van der Waals surface area contributed by atoms with Crippen molar-refractivity contribution in [1.29, 1.82) is 0 Å². The van der Waals surface area contributed by atoms with Crippen LogP contribution in [0.25, 0.3) is 0 Å². The summed E-state index contributed by atoms with van der Waals surface area (Å²) in [5, 5.41) is 2.95. The molecule has 5 heteroatoms. The largest absolute Gasteiger partial charge is 0.367 e. The third kappa shape index (κ3) is 2.86. The van der Waals surface area contributed by atoms with E-state index in [1.165, 1.54) is 32.1 Å². The molecule has 5 nitrogen and oxygen atoms in total. The van der Waals surface area contributed by atoms with Crippen molar-refractivity contribution in [2.75, 3.05) is 6.61 Å². The zero-order chi connectivity index (χ0) is 14.9. The molecule has 3 atom stereocenters. The molecule has 0 spiro atoms. The van der Waals surface area contributed by atoms with Gasteiger partial charge in [-0.1, -0.05) is 32.1 Å². The summed E-state index contributed by atoms with van der Waals surface area (Å²) >= 11 is 0. The molecule has 1 heterocycles. The van der Waals surface area contributed by atoms with E-state index in [1.807, 2.05) is 0 Å². The first kappa shape index (κ1) is 15.0. The Kier molecular flexibility index (Phi) is 4.31. The number of rotatable bonds is 4. The summed E-state index contributed by atoms with van der Waals surface area (Å²) in [7, 11) is 0. The molecule has 3 rings (SSSR count). The van der Waals surface area contributed by atoms with Crippen molar-refractivity contribution >= 4 is 11.7 Å². The average molecular weight is 294 g/mol. The lowest BCUT2D eigenvalue weighted by atomic mass is 9.84. The van der Waals surface area contributed by atoms with Gasteiger partial charge in [0.25, 0.3) is 0 Å². The molecule has 3 aliphatic rings. The summed E-state index contributed by atoms with van der Waals surface area (Å²) in [4.78, 5) is 24.6. The highest BCUT2D eigenvalue weighted by atomic mass is 16.5. The molecular weight excluding hydrogens is 268 g/mol. The van der Waals surface area contributed by atoms with Gasteiger partial charge in [-0.15, -0.1) is 0 Å². The van der Waals surface area contributed by atoms with Gasteiger partial charge in [0.1, 0.15) is 12.1 Å². The Morgan fingerprint density at radius 1 is 1.29 bits per heavy atom. The molecule has 3 unspecified atom stereocenters. The Labute approximate surface area is 126 Å². The second-order valence-electron chi connectivity index (χ2n) is 6.92. The summed E-state index contributed by atoms with van der Waals surface area (Å²) in [6.45, 7) is 0.128. The molecule has 1 amide bonds. The second kappa shape index (κ2) is 6.05. The van der Waals surface area contributed by atoms with Crippen molar-refractivity contribution in [3.8, 4) is 0 Å². The van der Waals surface area contributed by atoms with E-state index in [0.717, 1.165) is 19.3 Å². The van der Waals surface area contributed by atoms with Gasteiger partial charge in [-0.25, -0.2) is 0 Å². The van der Waals surface area contributed by atoms with Gasteiger partial charge in [0.15, 0.2) is 5.78 Å². The fraction of sp³-hybridized carbons (Fsp3) is 0.875. The van der Waals surface area contributed by atoms with Crippen LogP contribution in [0.4, 0.5) is 0 Å². The smallest absolute Gasteiger partial charge is 0.237 e. The number of carbonyl (C=O) groups is 2. The van der Waals surface area contributed by atoms with E-state index >= 15 is 0 Å². The normalized spacial score (nSPS) is 34.7. The number of amides is 1. The average Bonchev–Trinajstić information content (AvgIpc) is 3.01. The number of carbonyl (C=O) groups excluding carboxylic acids is 2. The fourth-order valence-corrected chi connectivity index (χ4v) is 4.24. The maximum absolute atomic E-state index is 12.4. The molecule has 1 aliphatic heterocycles. The quantitative estimate of drug-likeness (QED) is 0.818. The van der Waals surface area contributed by atoms with Crippen LogP contribution in [-0.4, -0.2) is 36.0 Å². The zero-order valence-electron chi connectivity index (χ0n) is 12.6. The Balaban J connectivity index is 1.58. The van der Waals surface area contributed by atoms with E-state index < -0.39 is 11.6 Å². The van der Waals surface area contributed by atoms with E-state index in [2.05, 4.69) is 5.32 Å². The molecule has 3 N–H and O–H groups in total. The predicted octanol–water partition coefficient (Wildman–Crippen LogP) is 1.29. The van der Waals surface area contributed by atoms with Gasteiger partial charge in [-0.3, -0.25) is 9.59 Å². The fourth-order valence-electron chi connectivity index (χ4n) is 4.24.